The molecular formula is C17H13BrFNO. The van der Waals surface area contributed by atoms with Crippen LogP contribution in [0.3, 0.4) is 0 Å². The van der Waals surface area contributed by atoms with Gasteiger partial charge in [-0.25, -0.2) is 9.38 Å². The Labute approximate surface area is 131 Å². The molecule has 21 heavy (non-hydrogen) atoms. The van der Waals surface area contributed by atoms with Crippen LogP contribution in [0.15, 0.2) is 70.1 Å². The summed E-state index contributed by atoms with van der Waals surface area (Å²) in [4.78, 5) is 15.4. The van der Waals surface area contributed by atoms with Gasteiger partial charge in [-0.1, -0.05) is 60.7 Å². The Morgan fingerprint density at radius 2 is 1.52 bits per heavy atom. The predicted molar refractivity (Wildman–Crippen MR) is 87.3 cm³/mol. The van der Waals surface area contributed by atoms with Gasteiger partial charge in [0.05, 0.1) is 15.9 Å². The first-order chi connectivity index (χ1) is 10.3. The average molecular weight is 346 g/mol. The molecule has 0 bridgehead atoms. The number of alkyl halides is 1. The van der Waals surface area contributed by atoms with Crippen molar-refractivity contribution < 1.29 is 9.18 Å². The molecule has 2 nitrogen and oxygen atoms in total. The number of carbonyl (C=O) groups excluding carboxylic acids is 1. The molecule has 0 fully saturated rings. The van der Waals surface area contributed by atoms with E-state index in [2.05, 4.69) is 20.9 Å². The highest BCUT2D eigenvalue weighted by molar-refractivity contribution is 9.12. The fraction of sp³-hybridized carbons (Fsp3) is 0.0588. The number of carbonyl (C=O) groups is 1. The van der Waals surface area contributed by atoms with E-state index < -0.39 is 6.67 Å². The van der Waals surface area contributed by atoms with Gasteiger partial charge in [-0.3, -0.25) is 4.79 Å². The van der Waals surface area contributed by atoms with Crippen molar-refractivity contribution in [1.29, 1.82) is 0 Å². The molecule has 0 spiro atoms. The molecule has 0 aliphatic carbocycles. The lowest BCUT2D eigenvalue weighted by Crippen LogP contribution is -2.04. The summed E-state index contributed by atoms with van der Waals surface area (Å²) in [5.74, 6) is 0. The SMILES string of the molecule is O=C/C(Br)=C(/N=C(CF)c1ccccc1)c1ccccc1. The average Bonchev–Trinajstić information content (AvgIpc) is 2.57. The molecule has 0 amide bonds. The molecule has 2 aromatic carbocycles. The first kappa shape index (κ1) is 15.3. The quantitative estimate of drug-likeness (QED) is 0.448. The smallest absolute Gasteiger partial charge is 0.159 e. The molecule has 0 N–H and O–H groups in total. The summed E-state index contributed by atoms with van der Waals surface area (Å²) in [6, 6.07) is 18.3. The molecular weight excluding hydrogens is 333 g/mol. The molecule has 106 valence electrons. The van der Waals surface area contributed by atoms with Crippen molar-refractivity contribution in [1.82, 2.24) is 0 Å². The van der Waals surface area contributed by atoms with Gasteiger partial charge in [0.25, 0.3) is 0 Å². The topological polar surface area (TPSA) is 29.4 Å². The van der Waals surface area contributed by atoms with Crippen LogP contribution in [-0.2, 0) is 4.79 Å². The zero-order chi connectivity index (χ0) is 15.1. The normalized spacial score (nSPS) is 12.8. The predicted octanol–water partition coefficient (Wildman–Crippen LogP) is 4.41. The fourth-order valence-corrected chi connectivity index (χ4v) is 2.16. The minimum absolute atomic E-state index is 0.285. The van der Waals surface area contributed by atoms with Gasteiger partial charge in [-0.15, -0.1) is 0 Å². The van der Waals surface area contributed by atoms with Crippen LogP contribution in [0.4, 0.5) is 4.39 Å². The van der Waals surface area contributed by atoms with E-state index in [-0.39, 0.29) is 10.2 Å². The van der Waals surface area contributed by atoms with E-state index in [1.165, 1.54) is 0 Å². The second-order valence-electron chi connectivity index (χ2n) is 4.24. The van der Waals surface area contributed by atoms with Crippen molar-refractivity contribution in [3.05, 3.63) is 76.3 Å². The van der Waals surface area contributed by atoms with Crippen molar-refractivity contribution >= 4 is 33.6 Å². The van der Waals surface area contributed by atoms with E-state index in [0.717, 1.165) is 5.56 Å². The Morgan fingerprint density at radius 3 is 2.00 bits per heavy atom. The monoisotopic (exact) mass is 345 g/mol. The summed E-state index contributed by atoms with van der Waals surface area (Å²) in [6.45, 7) is -0.709. The van der Waals surface area contributed by atoms with Gasteiger partial charge in [0.1, 0.15) is 6.67 Å². The van der Waals surface area contributed by atoms with Gasteiger partial charge in [0.15, 0.2) is 6.29 Å². The standard InChI is InChI=1S/C17H13BrFNO/c18-15(12-21)17(14-9-5-2-6-10-14)20-16(11-19)13-7-3-1-4-8-13/h1-10,12H,11H2/b17-15-,20-16?. The highest BCUT2D eigenvalue weighted by Gasteiger charge is 2.09. The first-order valence-electron chi connectivity index (χ1n) is 6.35. The first-order valence-corrected chi connectivity index (χ1v) is 7.15. The number of hydrogen-bond donors (Lipinski definition) is 0. The Kier molecular flexibility index (Phi) is 5.58. The molecule has 0 aliphatic rings. The Hall–Kier alpha value is -2.07. The number of benzene rings is 2. The van der Waals surface area contributed by atoms with Crippen LogP contribution >= 0.6 is 15.9 Å². The maximum Gasteiger partial charge on any atom is 0.159 e. The molecule has 0 aromatic heterocycles. The zero-order valence-corrected chi connectivity index (χ0v) is 12.8. The fourth-order valence-electron chi connectivity index (χ4n) is 1.84. The molecule has 2 rings (SSSR count). The highest BCUT2D eigenvalue weighted by atomic mass is 79.9. The number of hydrogen-bond acceptors (Lipinski definition) is 2. The highest BCUT2D eigenvalue weighted by Crippen LogP contribution is 2.24. The molecule has 4 heteroatoms. The largest absolute Gasteiger partial charge is 0.297 e. The number of allylic oxidation sites excluding steroid dienone is 1. The number of nitrogens with zero attached hydrogens (tertiary/aromatic N) is 1. The van der Waals surface area contributed by atoms with Crippen molar-refractivity contribution in [2.45, 2.75) is 0 Å². The van der Waals surface area contributed by atoms with Gasteiger partial charge in [0.2, 0.25) is 0 Å². The van der Waals surface area contributed by atoms with Crippen LogP contribution in [0.5, 0.6) is 0 Å². The summed E-state index contributed by atoms with van der Waals surface area (Å²) in [6.07, 6.45) is 0.659. The lowest BCUT2D eigenvalue weighted by Gasteiger charge is -2.07. The summed E-state index contributed by atoms with van der Waals surface area (Å²) >= 11 is 3.19. The van der Waals surface area contributed by atoms with Crippen molar-refractivity contribution in [2.75, 3.05) is 6.67 Å². The van der Waals surface area contributed by atoms with E-state index in [1.54, 1.807) is 12.1 Å². The molecule has 0 heterocycles. The second-order valence-corrected chi connectivity index (χ2v) is 5.09. The third kappa shape index (κ3) is 3.95. The van der Waals surface area contributed by atoms with Crippen LogP contribution in [0.25, 0.3) is 5.70 Å². The Morgan fingerprint density at radius 1 is 1.00 bits per heavy atom. The molecule has 0 aliphatic heterocycles. The molecule has 2 aromatic rings. The van der Waals surface area contributed by atoms with Crippen LogP contribution in [0.1, 0.15) is 11.1 Å². The molecule has 0 radical (unpaired) electrons. The van der Waals surface area contributed by atoms with Crippen LogP contribution in [0, 0.1) is 0 Å². The van der Waals surface area contributed by atoms with Gasteiger partial charge >= 0.3 is 0 Å². The third-order valence-electron chi connectivity index (χ3n) is 2.86. The summed E-state index contributed by atoms with van der Waals surface area (Å²) in [7, 11) is 0. The molecule has 0 atom stereocenters. The number of aliphatic imine (C=N–C) groups is 1. The minimum atomic E-state index is -0.709. The second kappa shape index (κ2) is 7.64. The Balaban J connectivity index is 2.53. The number of rotatable bonds is 5. The summed E-state index contributed by atoms with van der Waals surface area (Å²) in [5, 5.41) is 0. The van der Waals surface area contributed by atoms with Gasteiger partial charge < -0.3 is 0 Å². The van der Waals surface area contributed by atoms with E-state index in [0.29, 0.717) is 17.5 Å². The molecule has 0 unspecified atom stereocenters. The van der Waals surface area contributed by atoms with Crippen molar-refractivity contribution in [3.8, 4) is 0 Å². The van der Waals surface area contributed by atoms with Crippen LogP contribution < -0.4 is 0 Å². The minimum Gasteiger partial charge on any atom is -0.297 e. The van der Waals surface area contributed by atoms with Gasteiger partial charge in [0, 0.05) is 5.56 Å². The number of aldehydes is 1. The van der Waals surface area contributed by atoms with E-state index in [4.69, 9.17) is 0 Å². The van der Waals surface area contributed by atoms with Crippen LogP contribution in [0.2, 0.25) is 0 Å². The maximum absolute atomic E-state index is 13.3. The van der Waals surface area contributed by atoms with E-state index in [9.17, 15) is 9.18 Å². The van der Waals surface area contributed by atoms with E-state index in [1.807, 2.05) is 48.5 Å². The lowest BCUT2D eigenvalue weighted by atomic mass is 10.1. The molecule has 0 saturated heterocycles. The lowest BCUT2D eigenvalue weighted by molar-refractivity contribution is -0.104. The van der Waals surface area contributed by atoms with Crippen LogP contribution in [-0.4, -0.2) is 18.7 Å². The van der Waals surface area contributed by atoms with Gasteiger partial charge in [-0.2, -0.15) is 0 Å². The van der Waals surface area contributed by atoms with Crippen molar-refractivity contribution in [2.24, 2.45) is 4.99 Å². The van der Waals surface area contributed by atoms with E-state index >= 15 is 0 Å². The Bertz CT molecular complexity index is 666. The van der Waals surface area contributed by atoms with Crippen molar-refractivity contribution in [3.63, 3.8) is 0 Å². The number of halogens is 2. The maximum atomic E-state index is 13.3. The third-order valence-corrected chi connectivity index (χ3v) is 3.42. The summed E-state index contributed by atoms with van der Waals surface area (Å²) < 4.78 is 13.6. The van der Waals surface area contributed by atoms with Gasteiger partial charge in [-0.05, 0) is 21.5 Å². The zero-order valence-electron chi connectivity index (χ0n) is 11.2. The summed E-state index contributed by atoms with van der Waals surface area (Å²) in [5.41, 5.74) is 2.15. The molecule has 0 saturated carbocycles.